The van der Waals surface area contributed by atoms with Crippen molar-refractivity contribution in [2.75, 3.05) is 0 Å². The van der Waals surface area contributed by atoms with Crippen molar-refractivity contribution >= 4 is 5.91 Å². The molecule has 2 bridgehead atoms. The predicted octanol–water partition coefficient (Wildman–Crippen LogP) is 3.02. The Hall–Kier alpha value is -1.84. The number of benzene rings is 1. The van der Waals surface area contributed by atoms with Crippen LogP contribution in [0.1, 0.15) is 24.8 Å². The Balaban J connectivity index is 1.64. The zero-order valence-corrected chi connectivity index (χ0v) is 11.7. The summed E-state index contributed by atoms with van der Waals surface area (Å²) < 4.78 is 13.0. The van der Waals surface area contributed by atoms with Gasteiger partial charge in [-0.15, -0.1) is 0 Å². The molecule has 2 saturated carbocycles. The average molecular weight is 287 g/mol. The van der Waals surface area contributed by atoms with Crippen molar-refractivity contribution in [2.24, 2.45) is 17.8 Å². The summed E-state index contributed by atoms with van der Waals surface area (Å²) in [6.07, 6.45) is 4.79. The third-order valence-electron chi connectivity index (χ3n) is 5.39. The molecule has 1 N–H and O–H groups in total. The number of nitrogens with zero attached hydrogens (tertiary/aromatic N) is 1. The zero-order chi connectivity index (χ0) is 14.6. The molecule has 1 aromatic carbocycles. The molecule has 2 fully saturated rings. The number of hydrogen-bond acceptors (Lipinski definition) is 2. The molecule has 1 amide bonds. The minimum absolute atomic E-state index is 0.113. The summed E-state index contributed by atoms with van der Waals surface area (Å²) in [5.74, 6) is 1.01. The topological polar surface area (TPSA) is 40.5 Å². The van der Waals surface area contributed by atoms with Gasteiger partial charge in [0.05, 0.1) is 0 Å². The van der Waals surface area contributed by atoms with Gasteiger partial charge in [0, 0.05) is 24.6 Å². The molecule has 0 spiro atoms. The summed E-state index contributed by atoms with van der Waals surface area (Å²) in [6.45, 7) is 0.493. The number of fused-ring (bicyclic) bond motifs is 5. The van der Waals surface area contributed by atoms with Crippen LogP contribution in [0.5, 0.6) is 0 Å². The van der Waals surface area contributed by atoms with Crippen molar-refractivity contribution in [1.82, 2.24) is 4.90 Å². The van der Waals surface area contributed by atoms with Crippen LogP contribution >= 0.6 is 0 Å². The van der Waals surface area contributed by atoms with Gasteiger partial charge in [-0.3, -0.25) is 4.79 Å². The number of amides is 1. The van der Waals surface area contributed by atoms with Gasteiger partial charge < -0.3 is 10.0 Å². The van der Waals surface area contributed by atoms with Crippen LogP contribution in [0.3, 0.4) is 0 Å². The second-order valence-electron chi connectivity index (χ2n) is 6.51. The van der Waals surface area contributed by atoms with Gasteiger partial charge in [-0.1, -0.05) is 12.1 Å². The average Bonchev–Trinajstić information content (AvgIpc) is 3.06. The van der Waals surface area contributed by atoms with Gasteiger partial charge >= 0.3 is 0 Å². The van der Waals surface area contributed by atoms with Gasteiger partial charge in [0.15, 0.2) is 0 Å². The van der Waals surface area contributed by atoms with Crippen molar-refractivity contribution in [3.8, 4) is 0 Å². The lowest BCUT2D eigenvalue weighted by Gasteiger charge is -2.42. The summed E-state index contributed by atoms with van der Waals surface area (Å²) in [7, 11) is 0. The molecule has 1 aromatic rings. The maximum atomic E-state index is 13.0. The normalized spacial score (nSPS) is 34.0. The zero-order valence-electron chi connectivity index (χ0n) is 11.7. The summed E-state index contributed by atoms with van der Waals surface area (Å²) in [6, 6.07) is 6.42. The number of carbonyl (C=O) groups is 1. The molecule has 21 heavy (non-hydrogen) atoms. The van der Waals surface area contributed by atoms with E-state index in [9.17, 15) is 14.3 Å². The maximum absolute atomic E-state index is 13.0. The van der Waals surface area contributed by atoms with E-state index in [1.54, 1.807) is 12.1 Å². The Morgan fingerprint density at radius 3 is 2.67 bits per heavy atom. The molecule has 0 radical (unpaired) electrons. The van der Waals surface area contributed by atoms with E-state index in [2.05, 4.69) is 0 Å². The van der Waals surface area contributed by atoms with E-state index in [4.69, 9.17) is 0 Å². The van der Waals surface area contributed by atoms with Crippen LogP contribution in [0, 0.1) is 23.6 Å². The first-order chi connectivity index (χ1) is 10.1. The minimum atomic E-state index is -0.265. The highest BCUT2D eigenvalue weighted by atomic mass is 19.1. The first-order valence-corrected chi connectivity index (χ1v) is 7.59. The van der Waals surface area contributed by atoms with Crippen molar-refractivity contribution in [1.29, 1.82) is 0 Å². The van der Waals surface area contributed by atoms with E-state index in [0.717, 1.165) is 24.8 Å². The van der Waals surface area contributed by atoms with Gasteiger partial charge in [-0.25, -0.2) is 4.39 Å². The lowest BCUT2D eigenvalue weighted by molar-refractivity contribution is -0.133. The monoisotopic (exact) mass is 287 g/mol. The van der Waals surface area contributed by atoms with Gasteiger partial charge in [0.25, 0.3) is 5.91 Å². The van der Waals surface area contributed by atoms with Crippen LogP contribution in [0.15, 0.2) is 36.1 Å². The van der Waals surface area contributed by atoms with Crippen molar-refractivity contribution in [2.45, 2.75) is 31.8 Å². The second kappa shape index (κ2) is 4.58. The smallest absolute Gasteiger partial charge is 0.250 e. The SMILES string of the molecule is O=C1C=C(O)[C@@H]2[C@H]3CCC(C3)[C@@H]2N1Cc1ccc(F)cc1. The Bertz CT molecular complexity index is 610. The van der Waals surface area contributed by atoms with E-state index in [0.29, 0.717) is 18.4 Å². The van der Waals surface area contributed by atoms with E-state index >= 15 is 0 Å². The molecule has 4 heteroatoms. The Kier molecular flexibility index (Phi) is 2.81. The third kappa shape index (κ3) is 1.96. The number of halogens is 1. The molecule has 1 unspecified atom stereocenters. The van der Waals surface area contributed by atoms with E-state index < -0.39 is 0 Å². The van der Waals surface area contributed by atoms with E-state index in [1.165, 1.54) is 18.2 Å². The fraction of sp³-hybridized carbons (Fsp3) is 0.471. The molecule has 3 aliphatic rings. The Morgan fingerprint density at radius 2 is 1.90 bits per heavy atom. The van der Waals surface area contributed by atoms with Crippen LogP contribution in [0.4, 0.5) is 4.39 Å². The fourth-order valence-electron chi connectivity index (χ4n) is 4.55. The first-order valence-electron chi connectivity index (χ1n) is 7.59. The summed E-state index contributed by atoms with van der Waals surface area (Å²) in [5.41, 5.74) is 0.932. The predicted molar refractivity (Wildman–Crippen MR) is 75.8 cm³/mol. The molecule has 4 rings (SSSR count). The number of aliphatic hydroxyl groups excluding tert-OH is 1. The Labute approximate surface area is 123 Å². The Morgan fingerprint density at radius 1 is 1.19 bits per heavy atom. The fourth-order valence-corrected chi connectivity index (χ4v) is 4.55. The molecule has 0 aromatic heterocycles. The summed E-state index contributed by atoms with van der Waals surface area (Å²) >= 11 is 0. The first kappa shape index (κ1) is 12.9. The van der Waals surface area contributed by atoms with Crippen LogP contribution < -0.4 is 0 Å². The molecule has 0 saturated heterocycles. The van der Waals surface area contributed by atoms with Gasteiger partial charge in [0.1, 0.15) is 11.6 Å². The number of rotatable bonds is 2. The molecular weight excluding hydrogens is 269 g/mol. The van der Waals surface area contributed by atoms with E-state index in [1.807, 2.05) is 4.90 Å². The van der Waals surface area contributed by atoms with Crippen molar-refractivity contribution in [3.05, 3.63) is 47.5 Å². The highest BCUT2D eigenvalue weighted by Crippen LogP contribution is 2.54. The van der Waals surface area contributed by atoms with Gasteiger partial charge in [0.2, 0.25) is 0 Å². The summed E-state index contributed by atoms with van der Waals surface area (Å²) in [4.78, 5) is 14.2. The van der Waals surface area contributed by atoms with Crippen LogP contribution in [0.2, 0.25) is 0 Å². The maximum Gasteiger partial charge on any atom is 0.250 e. The highest BCUT2D eigenvalue weighted by molar-refractivity contribution is 5.89. The second-order valence-corrected chi connectivity index (χ2v) is 6.51. The molecule has 4 atom stereocenters. The highest BCUT2D eigenvalue weighted by Gasteiger charge is 2.54. The lowest BCUT2D eigenvalue weighted by Crippen LogP contribution is -2.50. The number of hydrogen-bond donors (Lipinski definition) is 1. The molecule has 1 aliphatic heterocycles. The molecular formula is C17H18FNO2. The lowest BCUT2D eigenvalue weighted by atomic mass is 9.80. The van der Waals surface area contributed by atoms with Crippen LogP contribution in [-0.4, -0.2) is 22.0 Å². The summed E-state index contributed by atoms with van der Waals surface area (Å²) in [5, 5.41) is 10.2. The van der Waals surface area contributed by atoms with E-state index in [-0.39, 0.29) is 29.4 Å². The van der Waals surface area contributed by atoms with Crippen LogP contribution in [-0.2, 0) is 11.3 Å². The number of carbonyl (C=O) groups excluding carboxylic acids is 1. The van der Waals surface area contributed by atoms with Crippen molar-refractivity contribution < 1.29 is 14.3 Å². The van der Waals surface area contributed by atoms with Gasteiger partial charge in [-0.05, 0) is 48.8 Å². The molecule has 3 nitrogen and oxygen atoms in total. The molecule has 110 valence electrons. The van der Waals surface area contributed by atoms with Gasteiger partial charge in [-0.2, -0.15) is 0 Å². The van der Waals surface area contributed by atoms with Crippen molar-refractivity contribution in [3.63, 3.8) is 0 Å². The third-order valence-corrected chi connectivity index (χ3v) is 5.39. The van der Waals surface area contributed by atoms with Crippen LogP contribution in [0.25, 0.3) is 0 Å². The molecule has 2 aliphatic carbocycles. The number of aliphatic hydroxyl groups is 1. The standard InChI is InChI=1S/C17H18FNO2/c18-13-5-1-10(2-6-13)9-19-15(21)8-14(20)16-11-3-4-12(7-11)17(16)19/h1-2,5-6,8,11-12,16-17,20H,3-4,7,9H2/t11-,12?,16-,17-/m0/s1. The molecule has 1 heterocycles. The largest absolute Gasteiger partial charge is 0.512 e. The minimum Gasteiger partial charge on any atom is -0.512 e. The quantitative estimate of drug-likeness (QED) is 0.908.